The monoisotopic (exact) mass is 232 g/mol. The predicted molar refractivity (Wildman–Crippen MR) is 59.3 cm³/mol. The lowest BCUT2D eigenvalue weighted by Crippen LogP contribution is -2.07. The van der Waals surface area contributed by atoms with Gasteiger partial charge in [0.15, 0.2) is 0 Å². The molecule has 5 nitrogen and oxygen atoms in total. The van der Waals surface area contributed by atoms with Crippen LogP contribution >= 0.6 is 0 Å². The second-order valence-electron chi connectivity index (χ2n) is 3.59. The number of carbonyl (C=O) groups is 1. The number of aromatic nitrogens is 2. The molecule has 0 aliphatic rings. The summed E-state index contributed by atoms with van der Waals surface area (Å²) in [4.78, 5) is 15.5. The lowest BCUT2D eigenvalue weighted by molar-refractivity contribution is 0.0464. The molecule has 0 saturated heterocycles. The van der Waals surface area contributed by atoms with Crippen molar-refractivity contribution in [2.75, 3.05) is 0 Å². The smallest absolute Gasteiger partial charge is 0.357 e. The van der Waals surface area contributed by atoms with Gasteiger partial charge < -0.3 is 9.26 Å². The van der Waals surface area contributed by atoms with Gasteiger partial charge in [-0.1, -0.05) is 11.2 Å². The Balaban J connectivity index is 2.02. The third-order valence-corrected chi connectivity index (χ3v) is 2.40. The van der Waals surface area contributed by atoms with Gasteiger partial charge in [-0.15, -0.1) is 0 Å². The van der Waals surface area contributed by atoms with E-state index in [1.54, 1.807) is 38.2 Å². The third kappa shape index (κ3) is 2.50. The summed E-state index contributed by atoms with van der Waals surface area (Å²) in [5, 5.41) is 3.78. The van der Waals surface area contributed by atoms with E-state index >= 15 is 0 Å². The number of rotatable bonds is 3. The van der Waals surface area contributed by atoms with Gasteiger partial charge in [-0.05, 0) is 26.0 Å². The Bertz CT molecular complexity index is 500. The minimum Gasteiger partial charge on any atom is -0.456 e. The second kappa shape index (κ2) is 4.78. The summed E-state index contributed by atoms with van der Waals surface area (Å²) in [5.74, 6) is 0.210. The van der Waals surface area contributed by atoms with Gasteiger partial charge in [0, 0.05) is 6.20 Å². The molecule has 0 fully saturated rings. The van der Waals surface area contributed by atoms with Crippen molar-refractivity contribution < 1.29 is 14.1 Å². The quantitative estimate of drug-likeness (QED) is 0.757. The molecule has 2 rings (SSSR count). The molecule has 5 heteroatoms. The molecule has 0 spiro atoms. The van der Waals surface area contributed by atoms with Crippen LogP contribution in [-0.2, 0) is 11.3 Å². The number of hydrogen-bond donors (Lipinski definition) is 0. The zero-order valence-electron chi connectivity index (χ0n) is 9.64. The first-order valence-corrected chi connectivity index (χ1v) is 5.18. The summed E-state index contributed by atoms with van der Waals surface area (Å²) in [6.45, 7) is 3.74. The molecule has 0 unspecified atom stereocenters. The summed E-state index contributed by atoms with van der Waals surface area (Å²) in [6, 6.07) is 5.08. The van der Waals surface area contributed by atoms with Gasteiger partial charge in [0.25, 0.3) is 0 Å². The molecule has 0 aliphatic carbocycles. The van der Waals surface area contributed by atoms with E-state index in [9.17, 15) is 4.79 Å². The predicted octanol–water partition coefficient (Wildman–Crippen LogP) is 2.04. The van der Waals surface area contributed by atoms with Gasteiger partial charge in [-0.3, -0.25) is 0 Å². The number of ether oxygens (including phenoxy) is 1. The van der Waals surface area contributed by atoms with Gasteiger partial charge >= 0.3 is 5.97 Å². The average molecular weight is 232 g/mol. The van der Waals surface area contributed by atoms with E-state index in [4.69, 9.17) is 9.26 Å². The van der Waals surface area contributed by atoms with Crippen LogP contribution in [-0.4, -0.2) is 16.1 Å². The van der Waals surface area contributed by atoms with Crippen molar-refractivity contribution in [1.82, 2.24) is 10.1 Å². The highest BCUT2D eigenvalue weighted by Gasteiger charge is 2.13. The van der Waals surface area contributed by atoms with Crippen LogP contribution in [0.25, 0.3) is 0 Å². The van der Waals surface area contributed by atoms with Crippen molar-refractivity contribution in [1.29, 1.82) is 0 Å². The largest absolute Gasteiger partial charge is 0.456 e. The fourth-order valence-corrected chi connectivity index (χ4v) is 1.40. The number of pyridine rings is 1. The van der Waals surface area contributed by atoms with Crippen molar-refractivity contribution in [2.24, 2.45) is 0 Å². The number of aryl methyl sites for hydroxylation is 2. The summed E-state index contributed by atoms with van der Waals surface area (Å²) in [6.07, 6.45) is 1.55. The molecule has 2 aromatic rings. The third-order valence-electron chi connectivity index (χ3n) is 2.40. The molecule has 0 amide bonds. The van der Waals surface area contributed by atoms with Crippen LogP contribution in [0.4, 0.5) is 0 Å². The molecule has 0 radical (unpaired) electrons. The van der Waals surface area contributed by atoms with Crippen LogP contribution in [0.3, 0.4) is 0 Å². The first kappa shape index (κ1) is 11.3. The highest BCUT2D eigenvalue weighted by atomic mass is 16.5. The molecular weight excluding hydrogens is 220 g/mol. The summed E-state index contributed by atoms with van der Waals surface area (Å²) in [5.41, 5.74) is 1.82. The van der Waals surface area contributed by atoms with Gasteiger partial charge in [-0.25, -0.2) is 9.78 Å². The maximum absolute atomic E-state index is 11.6. The van der Waals surface area contributed by atoms with Crippen LogP contribution in [0.15, 0.2) is 28.9 Å². The topological polar surface area (TPSA) is 65.2 Å². The van der Waals surface area contributed by atoms with Crippen LogP contribution in [0.1, 0.15) is 27.5 Å². The first-order chi connectivity index (χ1) is 8.18. The summed E-state index contributed by atoms with van der Waals surface area (Å²) >= 11 is 0. The highest BCUT2D eigenvalue weighted by molar-refractivity contribution is 5.87. The average Bonchev–Trinajstić information content (AvgIpc) is 2.67. The van der Waals surface area contributed by atoms with E-state index in [0.29, 0.717) is 11.5 Å². The van der Waals surface area contributed by atoms with Crippen molar-refractivity contribution in [2.45, 2.75) is 20.5 Å². The van der Waals surface area contributed by atoms with Crippen molar-refractivity contribution >= 4 is 5.97 Å². The SMILES string of the molecule is Cc1noc(C)c1COC(=O)c1ccccn1. The van der Waals surface area contributed by atoms with Crippen LogP contribution in [0.5, 0.6) is 0 Å². The number of nitrogens with zero attached hydrogens (tertiary/aromatic N) is 2. The summed E-state index contributed by atoms with van der Waals surface area (Å²) in [7, 11) is 0. The van der Waals surface area contributed by atoms with E-state index in [1.807, 2.05) is 0 Å². The summed E-state index contributed by atoms with van der Waals surface area (Å²) < 4.78 is 10.1. The van der Waals surface area contributed by atoms with Crippen LogP contribution < -0.4 is 0 Å². The fraction of sp³-hybridized carbons (Fsp3) is 0.250. The van der Waals surface area contributed by atoms with Crippen LogP contribution in [0.2, 0.25) is 0 Å². The zero-order valence-corrected chi connectivity index (χ0v) is 9.64. The molecule has 0 N–H and O–H groups in total. The number of esters is 1. The maximum atomic E-state index is 11.6. The van der Waals surface area contributed by atoms with Gasteiger partial charge in [0.05, 0.1) is 11.3 Å². The van der Waals surface area contributed by atoms with Crippen molar-refractivity contribution in [3.63, 3.8) is 0 Å². The van der Waals surface area contributed by atoms with Crippen molar-refractivity contribution in [3.05, 3.63) is 47.1 Å². The molecule has 2 aromatic heterocycles. The molecule has 0 aromatic carbocycles. The lowest BCUT2D eigenvalue weighted by Gasteiger charge is -2.03. The van der Waals surface area contributed by atoms with Crippen molar-refractivity contribution in [3.8, 4) is 0 Å². The van der Waals surface area contributed by atoms with Gasteiger partial charge in [0.2, 0.25) is 0 Å². The molecular formula is C12H12N2O3. The van der Waals surface area contributed by atoms with E-state index in [-0.39, 0.29) is 6.61 Å². The minimum atomic E-state index is -0.453. The van der Waals surface area contributed by atoms with Gasteiger partial charge in [0.1, 0.15) is 18.1 Å². The standard InChI is InChI=1S/C12H12N2O3/c1-8-10(9(2)17-14-8)7-16-12(15)11-5-3-4-6-13-11/h3-6H,7H2,1-2H3. The molecule has 0 aliphatic heterocycles. The van der Waals surface area contributed by atoms with E-state index in [2.05, 4.69) is 10.1 Å². The molecule has 0 saturated carbocycles. The molecule has 0 atom stereocenters. The Kier molecular flexibility index (Phi) is 3.18. The Labute approximate surface area is 98.4 Å². The van der Waals surface area contributed by atoms with E-state index < -0.39 is 5.97 Å². The Morgan fingerprint density at radius 2 is 2.24 bits per heavy atom. The Hall–Kier alpha value is -2.17. The molecule has 2 heterocycles. The Morgan fingerprint density at radius 3 is 2.82 bits per heavy atom. The molecule has 0 bridgehead atoms. The minimum absolute atomic E-state index is 0.149. The number of hydrogen-bond acceptors (Lipinski definition) is 5. The lowest BCUT2D eigenvalue weighted by atomic mass is 10.2. The number of carbonyl (C=O) groups excluding carboxylic acids is 1. The van der Waals surface area contributed by atoms with E-state index in [0.717, 1.165) is 11.3 Å². The van der Waals surface area contributed by atoms with Gasteiger partial charge in [-0.2, -0.15) is 0 Å². The second-order valence-corrected chi connectivity index (χ2v) is 3.59. The zero-order chi connectivity index (χ0) is 12.3. The van der Waals surface area contributed by atoms with Crippen LogP contribution in [0, 0.1) is 13.8 Å². The fourth-order valence-electron chi connectivity index (χ4n) is 1.40. The highest BCUT2D eigenvalue weighted by Crippen LogP contribution is 2.13. The molecule has 17 heavy (non-hydrogen) atoms. The first-order valence-electron chi connectivity index (χ1n) is 5.18. The normalized spacial score (nSPS) is 10.2. The maximum Gasteiger partial charge on any atom is 0.357 e. The van der Waals surface area contributed by atoms with E-state index in [1.165, 1.54) is 0 Å². The Morgan fingerprint density at radius 1 is 1.41 bits per heavy atom. The molecule has 88 valence electrons.